The molecule has 0 aliphatic carbocycles. The third kappa shape index (κ3) is 2.00. The average Bonchev–Trinajstić information content (AvgIpc) is 2.13. The number of hydrogen-bond acceptors (Lipinski definition) is 5. The number of aliphatic hydroxyl groups excluding tert-OH is 4. The summed E-state index contributed by atoms with van der Waals surface area (Å²) in [6, 6.07) is -0.469. The monoisotopic (exact) mass is 191 g/mol. The lowest BCUT2D eigenvalue weighted by Gasteiger charge is -2.42. The van der Waals surface area contributed by atoms with Crippen molar-refractivity contribution in [3.8, 4) is 0 Å². The van der Waals surface area contributed by atoms with Crippen LogP contribution >= 0.6 is 0 Å². The molecule has 0 aromatic carbocycles. The lowest BCUT2D eigenvalue weighted by Crippen LogP contribution is -2.62. The molecule has 1 aliphatic rings. The Hall–Kier alpha value is -0.200. The number of likely N-dealkylation sites (N-methyl/N-ethyl adjacent to an activating group) is 1. The molecule has 4 N–H and O–H groups in total. The van der Waals surface area contributed by atoms with Gasteiger partial charge in [-0.1, -0.05) is 6.92 Å². The van der Waals surface area contributed by atoms with Crippen molar-refractivity contribution < 1.29 is 20.4 Å². The Balaban J connectivity index is 2.69. The van der Waals surface area contributed by atoms with E-state index in [9.17, 15) is 15.3 Å². The summed E-state index contributed by atoms with van der Waals surface area (Å²) in [6.07, 6.45) is -3.16. The van der Waals surface area contributed by atoms with Gasteiger partial charge < -0.3 is 20.4 Å². The van der Waals surface area contributed by atoms with E-state index in [2.05, 4.69) is 0 Å². The van der Waals surface area contributed by atoms with Crippen molar-refractivity contribution in [1.29, 1.82) is 0 Å². The second kappa shape index (κ2) is 4.34. The molecule has 5 nitrogen and oxygen atoms in total. The normalized spacial score (nSPS) is 42.2. The van der Waals surface area contributed by atoms with Crippen molar-refractivity contribution in [1.82, 2.24) is 4.90 Å². The molecule has 1 rings (SSSR count). The zero-order valence-electron chi connectivity index (χ0n) is 7.67. The van der Waals surface area contributed by atoms with Crippen LogP contribution in [0.3, 0.4) is 0 Å². The lowest BCUT2D eigenvalue weighted by molar-refractivity contribution is -0.143. The first-order valence-corrected chi connectivity index (χ1v) is 4.51. The Morgan fingerprint density at radius 1 is 1.23 bits per heavy atom. The van der Waals surface area contributed by atoms with E-state index >= 15 is 0 Å². The smallest absolute Gasteiger partial charge is 0.109 e. The van der Waals surface area contributed by atoms with Gasteiger partial charge in [-0.3, -0.25) is 4.90 Å². The van der Waals surface area contributed by atoms with Gasteiger partial charge in [0.15, 0.2) is 0 Å². The predicted octanol–water partition coefficient (Wildman–Crippen LogP) is -2.23. The SMILES string of the molecule is CCN1CC(O)[C@H](O)[C@@H](O)C1CO. The molecule has 0 spiro atoms. The topological polar surface area (TPSA) is 84.2 Å². The number of nitrogens with zero attached hydrogens (tertiary/aromatic N) is 1. The van der Waals surface area contributed by atoms with E-state index in [1.807, 2.05) is 6.92 Å². The van der Waals surface area contributed by atoms with Crippen LogP contribution < -0.4 is 0 Å². The molecule has 0 saturated carbocycles. The van der Waals surface area contributed by atoms with Crippen LogP contribution in [0.1, 0.15) is 6.92 Å². The summed E-state index contributed by atoms with van der Waals surface area (Å²) < 4.78 is 0. The number of rotatable bonds is 2. The molecule has 0 bridgehead atoms. The van der Waals surface area contributed by atoms with E-state index < -0.39 is 24.4 Å². The number of hydrogen-bond donors (Lipinski definition) is 4. The highest BCUT2D eigenvalue weighted by Crippen LogP contribution is 2.18. The van der Waals surface area contributed by atoms with Crippen molar-refractivity contribution >= 4 is 0 Å². The van der Waals surface area contributed by atoms with Crippen LogP contribution in [-0.4, -0.2) is 69.4 Å². The summed E-state index contributed by atoms with van der Waals surface area (Å²) in [4.78, 5) is 1.75. The molecule has 1 aliphatic heterocycles. The second-order valence-corrected chi connectivity index (χ2v) is 3.39. The maximum Gasteiger partial charge on any atom is 0.109 e. The Labute approximate surface area is 77.2 Å². The van der Waals surface area contributed by atoms with Gasteiger partial charge in [-0.25, -0.2) is 0 Å². The maximum atomic E-state index is 9.50. The molecule has 1 fully saturated rings. The molecule has 78 valence electrons. The molecule has 2 unspecified atom stereocenters. The molecular weight excluding hydrogens is 174 g/mol. The van der Waals surface area contributed by atoms with Crippen LogP contribution in [0.2, 0.25) is 0 Å². The minimum atomic E-state index is -1.15. The zero-order chi connectivity index (χ0) is 10.0. The van der Waals surface area contributed by atoms with Crippen LogP contribution in [0.5, 0.6) is 0 Å². The summed E-state index contributed by atoms with van der Waals surface area (Å²) >= 11 is 0. The summed E-state index contributed by atoms with van der Waals surface area (Å²) in [5.41, 5.74) is 0. The molecular formula is C8H17NO4. The van der Waals surface area contributed by atoms with Gasteiger partial charge >= 0.3 is 0 Å². The van der Waals surface area contributed by atoms with Crippen LogP contribution in [0, 0.1) is 0 Å². The molecule has 13 heavy (non-hydrogen) atoms. The third-order valence-electron chi connectivity index (χ3n) is 2.62. The number of β-amino-alcohol motifs (C(OH)–C–C–N with tert-alkyl or cyclic N) is 1. The lowest BCUT2D eigenvalue weighted by atomic mass is 9.94. The first-order chi connectivity index (χ1) is 6.11. The van der Waals surface area contributed by atoms with Crippen molar-refractivity contribution in [2.45, 2.75) is 31.3 Å². The van der Waals surface area contributed by atoms with Gasteiger partial charge in [-0.15, -0.1) is 0 Å². The first-order valence-electron chi connectivity index (χ1n) is 4.51. The highest BCUT2D eigenvalue weighted by molar-refractivity contribution is 4.93. The Bertz CT molecular complexity index is 164. The van der Waals surface area contributed by atoms with Gasteiger partial charge in [-0.05, 0) is 6.54 Å². The van der Waals surface area contributed by atoms with Gasteiger partial charge in [0.05, 0.1) is 18.8 Å². The molecule has 4 atom stereocenters. The molecule has 0 radical (unpaired) electrons. The Kier molecular flexibility index (Phi) is 3.63. The number of piperidine rings is 1. The summed E-state index contributed by atoms with van der Waals surface area (Å²) in [5.74, 6) is 0. The fourth-order valence-corrected chi connectivity index (χ4v) is 1.74. The third-order valence-corrected chi connectivity index (χ3v) is 2.62. The van der Waals surface area contributed by atoms with E-state index in [-0.39, 0.29) is 6.61 Å². The minimum absolute atomic E-state index is 0.210. The van der Waals surface area contributed by atoms with Crippen molar-refractivity contribution in [3.05, 3.63) is 0 Å². The van der Waals surface area contributed by atoms with Crippen molar-refractivity contribution in [2.75, 3.05) is 19.7 Å². The van der Waals surface area contributed by atoms with Gasteiger partial charge in [0, 0.05) is 6.54 Å². The minimum Gasteiger partial charge on any atom is -0.395 e. The molecule has 0 amide bonds. The Morgan fingerprint density at radius 3 is 2.31 bits per heavy atom. The van der Waals surface area contributed by atoms with Crippen LogP contribution in [0.4, 0.5) is 0 Å². The van der Waals surface area contributed by atoms with Gasteiger partial charge in [0.1, 0.15) is 12.2 Å². The van der Waals surface area contributed by atoms with E-state index in [0.717, 1.165) is 0 Å². The standard InChI is InChI=1S/C8H17NO4/c1-2-9-3-6(11)8(13)7(12)5(9)4-10/h5-8,10-13H,2-4H2,1H3/t5?,6?,7-,8-/m0/s1. The molecule has 1 saturated heterocycles. The molecule has 0 aromatic rings. The first kappa shape index (κ1) is 10.9. The van der Waals surface area contributed by atoms with E-state index in [1.54, 1.807) is 4.90 Å². The largest absolute Gasteiger partial charge is 0.395 e. The zero-order valence-corrected chi connectivity index (χ0v) is 7.67. The quantitative estimate of drug-likeness (QED) is 0.397. The van der Waals surface area contributed by atoms with Crippen molar-refractivity contribution in [2.24, 2.45) is 0 Å². The van der Waals surface area contributed by atoms with E-state index in [0.29, 0.717) is 13.1 Å². The Morgan fingerprint density at radius 2 is 1.85 bits per heavy atom. The summed E-state index contributed by atoms with van der Waals surface area (Å²) in [5, 5.41) is 37.1. The average molecular weight is 191 g/mol. The van der Waals surface area contributed by atoms with Gasteiger partial charge in [0.2, 0.25) is 0 Å². The molecule has 0 aromatic heterocycles. The number of aliphatic hydroxyl groups is 4. The fraction of sp³-hybridized carbons (Fsp3) is 1.00. The van der Waals surface area contributed by atoms with Gasteiger partial charge in [-0.2, -0.15) is 0 Å². The van der Waals surface area contributed by atoms with Crippen LogP contribution in [-0.2, 0) is 0 Å². The van der Waals surface area contributed by atoms with Crippen LogP contribution in [0.15, 0.2) is 0 Å². The molecule has 5 heteroatoms. The summed E-state index contributed by atoms with van der Waals surface area (Å²) in [7, 11) is 0. The van der Waals surface area contributed by atoms with Gasteiger partial charge in [0.25, 0.3) is 0 Å². The van der Waals surface area contributed by atoms with E-state index in [4.69, 9.17) is 5.11 Å². The van der Waals surface area contributed by atoms with Crippen LogP contribution in [0.25, 0.3) is 0 Å². The van der Waals surface area contributed by atoms with Crippen molar-refractivity contribution in [3.63, 3.8) is 0 Å². The highest BCUT2D eigenvalue weighted by atomic mass is 16.4. The highest BCUT2D eigenvalue weighted by Gasteiger charge is 2.40. The summed E-state index contributed by atoms with van der Waals surface area (Å²) in [6.45, 7) is 2.59. The fourth-order valence-electron chi connectivity index (χ4n) is 1.74. The van der Waals surface area contributed by atoms with E-state index in [1.165, 1.54) is 0 Å². The number of likely N-dealkylation sites (tertiary alicyclic amines) is 1. The molecule has 1 heterocycles. The second-order valence-electron chi connectivity index (χ2n) is 3.39. The predicted molar refractivity (Wildman–Crippen MR) is 46.1 cm³/mol. The maximum absolute atomic E-state index is 9.50.